The number of benzene rings is 4. The van der Waals surface area contributed by atoms with Gasteiger partial charge >= 0.3 is 5.97 Å². The number of halogens is 1. The summed E-state index contributed by atoms with van der Waals surface area (Å²) in [5, 5.41) is 12.5. The third-order valence-electron chi connectivity index (χ3n) is 7.18. The van der Waals surface area contributed by atoms with Crippen LogP contribution in [0.2, 0.25) is 0 Å². The predicted molar refractivity (Wildman–Crippen MR) is 160 cm³/mol. The van der Waals surface area contributed by atoms with E-state index in [1.807, 2.05) is 91.0 Å². The molecule has 4 atom stereocenters. The van der Waals surface area contributed by atoms with Crippen molar-refractivity contribution >= 4 is 19.2 Å². The second kappa shape index (κ2) is 15.6. The van der Waals surface area contributed by atoms with E-state index < -0.39 is 37.0 Å². The highest BCUT2D eigenvalue weighted by atomic mass is 79.9. The van der Waals surface area contributed by atoms with Crippen molar-refractivity contribution in [3.05, 3.63) is 132 Å². The Morgan fingerprint density at radius 2 is 1.14 bits per heavy atom. The maximum Gasteiger partial charge on any atom is 0.326 e. The molecule has 0 bridgehead atoms. The first kappa shape index (κ1) is 33.0. The molecule has 7 nitrogen and oxygen atoms in total. The summed E-state index contributed by atoms with van der Waals surface area (Å²) < 4.78 is 13.6. The monoisotopic (exact) mass is 650 g/mol. The lowest BCUT2D eigenvalue weighted by Gasteiger charge is -2.24. The Kier molecular flexibility index (Phi) is 12.3. The summed E-state index contributed by atoms with van der Waals surface area (Å²) in [4.78, 5) is 36.7. The quantitative estimate of drug-likeness (QED) is 0.163. The van der Waals surface area contributed by atoms with Crippen molar-refractivity contribution in [1.29, 1.82) is 0 Å². The van der Waals surface area contributed by atoms with Crippen LogP contribution in [0.1, 0.15) is 16.7 Å². The van der Waals surface area contributed by atoms with E-state index in [1.54, 1.807) is 24.3 Å². The van der Waals surface area contributed by atoms with Crippen LogP contribution in [-0.4, -0.2) is 39.9 Å². The molecule has 6 N–H and O–H groups in total. The fraction of sp³-hybridized carbons (Fsp3) is 0.212. The van der Waals surface area contributed by atoms with Gasteiger partial charge in [0, 0.05) is 19.0 Å². The van der Waals surface area contributed by atoms with E-state index >= 15 is 0 Å². The van der Waals surface area contributed by atoms with E-state index in [0.717, 1.165) is 27.8 Å². The van der Waals surface area contributed by atoms with Crippen molar-refractivity contribution in [1.82, 2.24) is 5.32 Å². The molecule has 0 aliphatic carbocycles. The summed E-state index contributed by atoms with van der Waals surface area (Å²) in [5.74, 6) is -3.48. The van der Waals surface area contributed by atoms with Gasteiger partial charge in [0.25, 0.3) is 7.37 Å². The summed E-state index contributed by atoms with van der Waals surface area (Å²) in [6.45, 7) is 0. The standard InChI is InChI=1S/C33H35N2O5P.BrH/c34-31(22-25-12-6-2-7-13-25)41(39,40)23-29(20-26-16-18-28(19-17-26)27-14-8-3-9-15-27)32(36)35-30(33(37)38)21-24-10-4-1-5-11-24;/h1-19,29-31H,20-23,34H2,(H,35,36)(H,37,38)(H,39,40);1H/t29-,30-,31+;/m0./s1. The number of carboxylic acid groups (broad SMARTS) is 1. The van der Waals surface area contributed by atoms with Crippen LogP contribution in [0.3, 0.4) is 0 Å². The molecule has 0 saturated carbocycles. The Morgan fingerprint density at radius 3 is 1.67 bits per heavy atom. The molecule has 0 fully saturated rings. The van der Waals surface area contributed by atoms with Gasteiger partial charge in [-0.3, -0.25) is 9.36 Å². The molecule has 0 saturated heterocycles. The van der Waals surface area contributed by atoms with E-state index in [1.165, 1.54) is 0 Å². The minimum atomic E-state index is -3.91. The summed E-state index contributed by atoms with van der Waals surface area (Å²) in [7, 11) is -3.91. The van der Waals surface area contributed by atoms with Crippen molar-refractivity contribution in [2.45, 2.75) is 31.1 Å². The van der Waals surface area contributed by atoms with Crippen LogP contribution >= 0.6 is 7.37 Å². The molecule has 1 unspecified atom stereocenters. The minimum absolute atomic E-state index is 0. The smallest absolute Gasteiger partial charge is 0.326 e. The molecular formula is C33H36BrN2O5P. The second-order valence-corrected chi connectivity index (χ2v) is 12.9. The maximum atomic E-state index is 13.6. The average Bonchev–Trinajstić information content (AvgIpc) is 2.98. The zero-order valence-electron chi connectivity index (χ0n) is 23.2. The lowest BCUT2D eigenvalue weighted by atomic mass is 9.97. The van der Waals surface area contributed by atoms with E-state index in [-0.39, 0.29) is 36.0 Å². The van der Waals surface area contributed by atoms with Crippen molar-refractivity contribution in [3.63, 3.8) is 0 Å². The molecule has 0 heterocycles. The first-order valence-corrected chi connectivity index (χ1v) is 15.5. The van der Waals surface area contributed by atoms with Crippen LogP contribution in [0.25, 0.3) is 11.1 Å². The van der Waals surface area contributed by atoms with Crippen LogP contribution in [0, 0.1) is 5.92 Å². The molecule has 4 rings (SSSR count). The van der Waals surface area contributed by atoms with Crippen LogP contribution in [0.5, 0.6) is 0 Å². The Hall–Kier alpha value is -3.55. The second-order valence-electron chi connectivity index (χ2n) is 10.3. The number of hydrogen-bond donors (Lipinski definition) is 4. The number of carboxylic acids is 1. The maximum absolute atomic E-state index is 13.6. The summed E-state index contributed by atoms with van der Waals surface area (Å²) in [6, 6.07) is 34.8. The zero-order valence-corrected chi connectivity index (χ0v) is 25.7. The lowest BCUT2D eigenvalue weighted by molar-refractivity contribution is -0.391. The highest BCUT2D eigenvalue weighted by Gasteiger charge is 2.37. The van der Waals surface area contributed by atoms with Crippen LogP contribution < -0.4 is 28.0 Å². The zero-order chi connectivity index (χ0) is 29.2. The minimum Gasteiger partial charge on any atom is -1.00 e. The van der Waals surface area contributed by atoms with E-state index in [0.29, 0.717) is 6.42 Å². The third-order valence-corrected chi connectivity index (χ3v) is 9.47. The van der Waals surface area contributed by atoms with Gasteiger partial charge in [0.2, 0.25) is 5.91 Å². The number of nitrogens with one attached hydrogen (secondary N) is 1. The Bertz CT molecular complexity index is 1470. The molecule has 0 spiro atoms. The number of rotatable bonds is 13. The van der Waals surface area contributed by atoms with Crippen LogP contribution in [0.4, 0.5) is 0 Å². The number of hydrogen-bond acceptors (Lipinski definition) is 3. The Morgan fingerprint density at radius 1 is 0.690 bits per heavy atom. The molecule has 42 heavy (non-hydrogen) atoms. The molecule has 1 amide bonds. The van der Waals surface area contributed by atoms with Crippen molar-refractivity contribution < 1.29 is 46.9 Å². The molecule has 0 radical (unpaired) electrons. The van der Waals surface area contributed by atoms with Gasteiger partial charge in [-0.2, -0.15) is 0 Å². The summed E-state index contributed by atoms with van der Waals surface area (Å²) >= 11 is 0. The molecule has 9 heteroatoms. The van der Waals surface area contributed by atoms with E-state index in [9.17, 15) is 24.2 Å². The first-order valence-electron chi connectivity index (χ1n) is 13.6. The van der Waals surface area contributed by atoms with Crippen molar-refractivity contribution in [3.8, 4) is 11.1 Å². The fourth-order valence-corrected chi connectivity index (χ4v) is 6.54. The highest BCUT2D eigenvalue weighted by molar-refractivity contribution is 7.58. The molecule has 4 aromatic carbocycles. The normalized spacial score (nSPS) is 14.4. The van der Waals surface area contributed by atoms with Gasteiger partial charge < -0.3 is 38.0 Å². The van der Waals surface area contributed by atoms with Gasteiger partial charge in [-0.05, 0) is 34.2 Å². The Labute approximate surface area is 257 Å². The van der Waals surface area contributed by atoms with Gasteiger partial charge in [0.15, 0.2) is 5.78 Å². The number of aliphatic carboxylic acids is 1. The van der Waals surface area contributed by atoms with Gasteiger partial charge in [0.05, 0.1) is 5.92 Å². The predicted octanol–water partition coefficient (Wildman–Crippen LogP) is 1.41. The third kappa shape index (κ3) is 9.50. The van der Waals surface area contributed by atoms with Gasteiger partial charge in [-0.25, -0.2) is 4.79 Å². The summed E-state index contributed by atoms with van der Waals surface area (Å²) in [6.07, 6.45) is 0.267. The number of carbonyl (C=O) groups is 2. The number of amides is 1. The number of carbonyl (C=O) groups excluding carboxylic acids is 1. The number of quaternary nitrogens is 1. The highest BCUT2D eigenvalue weighted by Crippen LogP contribution is 2.46. The average molecular weight is 652 g/mol. The van der Waals surface area contributed by atoms with E-state index in [2.05, 4.69) is 11.1 Å². The molecule has 0 aliphatic rings. The topological polar surface area (TPSA) is 131 Å². The SMILES string of the molecule is [Br-].[NH3+][C@@H](Cc1ccccc1)P(=O)(O)C[C@H](Cc1ccc(-c2ccccc2)cc1)C(=O)N[C@@H](Cc1ccccc1)C(=O)O. The lowest BCUT2D eigenvalue weighted by Crippen LogP contribution is -3.00. The van der Waals surface area contributed by atoms with Crippen molar-refractivity contribution in [2.75, 3.05) is 6.16 Å². The van der Waals surface area contributed by atoms with Crippen molar-refractivity contribution in [2.24, 2.45) is 5.92 Å². The van der Waals surface area contributed by atoms with Gasteiger partial charge in [0.1, 0.15) is 6.04 Å². The largest absolute Gasteiger partial charge is 1.00 e. The molecular weight excluding hydrogens is 615 g/mol. The van der Waals surface area contributed by atoms with Gasteiger partial charge in [-0.1, -0.05) is 115 Å². The summed E-state index contributed by atoms with van der Waals surface area (Å²) in [5.41, 5.74) is 8.50. The molecule has 4 aromatic rings. The van der Waals surface area contributed by atoms with Crippen LogP contribution in [-0.2, 0) is 33.4 Å². The fourth-order valence-electron chi connectivity index (χ4n) is 4.82. The van der Waals surface area contributed by atoms with E-state index in [4.69, 9.17) is 0 Å². The Balaban J connectivity index is 0.00000484. The van der Waals surface area contributed by atoms with Crippen LogP contribution in [0.15, 0.2) is 115 Å². The van der Waals surface area contributed by atoms with Gasteiger partial charge in [-0.15, -0.1) is 0 Å². The molecule has 0 aliphatic heterocycles. The first-order chi connectivity index (χ1) is 19.7. The molecule has 0 aromatic heterocycles. The molecule has 220 valence electrons.